The number of esters is 1. The van der Waals surface area contributed by atoms with Crippen molar-refractivity contribution in [3.05, 3.63) is 35.9 Å². The Labute approximate surface area is 161 Å². The fourth-order valence-corrected chi connectivity index (χ4v) is 4.05. The number of nitrogens with zero attached hydrogens (tertiary/aromatic N) is 1. The predicted octanol–water partition coefficient (Wildman–Crippen LogP) is 3.40. The van der Waals surface area contributed by atoms with Crippen LogP contribution in [0.4, 0.5) is 5.69 Å². The maximum atomic E-state index is 13.3. The molecule has 1 aromatic rings. The Morgan fingerprint density at radius 2 is 2.04 bits per heavy atom. The van der Waals surface area contributed by atoms with Crippen LogP contribution < -0.4 is 10.2 Å². The number of methoxy groups -OCH3 is 1. The number of amides is 1. The van der Waals surface area contributed by atoms with Crippen LogP contribution in [0, 0.1) is 11.8 Å². The number of hydrogen-bond donors (Lipinski definition) is 1. The van der Waals surface area contributed by atoms with Crippen molar-refractivity contribution in [2.45, 2.75) is 38.5 Å². The molecule has 0 spiro atoms. The zero-order valence-electron chi connectivity index (χ0n) is 16.2. The molecule has 3 rings (SSSR count). The molecule has 0 radical (unpaired) electrons. The van der Waals surface area contributed by atoms with E-state index < -0.39 is 0 Å². The van der Waals surface area contributed by atoms with E-state index in [0.717, 1.165) is 63.0 Å². The van der Waals surface area contributed by atoms with Crippen LogP contribution in [0.2, 0.25) is 0 Å². The fraction of sp³-hybridized carbons (Fsp3) is 0.545. The van der Waals surface area contributed by atoms with Gasteiger partial charge in [0.05, 0.1) is 7.11 Å². The van der Waals surface area contributed by atoms with Crippen molar-refractivity contribution >= 4 is 23.6 Å². The first kappa shape index (κ1) is 19.6. The van der Waals surface area contributed by atoms with Gasteiger partial charge in [-0.2, -0.15) is 0 Å². The van der Waals surface area contributed by atoms with E-state index in [1.165, 1.54) is 19.6 Å². The molecule has 1 aromatic carbocycles. The van der Waals surface area contributed by atoms with Gasteiger partial charge in [0.2, 0.25) is 5.91 Å². The zero-order chi connectivity index (χ0) is 19.1. The molecule has 0 aromatic heterocycles. The summed E-state index contributed by atoms with van der Waals surface area (Å²) in [5, 5.41) is 3.40. The minimum Gasteiger partial charge on any atom is -0.466 e. The summed E-state index contributed by atoms with van der Waals surface area (Å²) in [6, 6.07) is 7.87. The van der Waals surface area contributed by atoms with Crippen LogP contribution in [0.1, 0.15) is 44.1 Å². The van der Waals surface area contributed by atoms with E-state index in [0.29, 0.717) is 5.92 Å². The van der Waals surface area contributed by atoms with Gasteiger partial charge in [0.25, 0.3) is 0 Å². The van der Waals surface area contributed by atoms with Crippen molar-refractivity contribution < 1.29 is 14.3 Å². The molecule has 27 heavy (non-hydrogen) atoms. The molecule has 1 aliphatic heterocycles. The second-order valence-corrected chi connectivity index (χ2v) is 7.59. The van der Waals surface area contributed by atoms with Gasteiger partial charge in [-0.25, -0.2) is 4.79 Å². The second-order valence-electron chi connectivity index (χ2n) is 7.59. The molecule has 146 valence electrons. The molecule has 1 saturated heterocycles. The third-order valence-corrected chi connectivity index (χ3v) is 5.62. The van der Waals surface area contributed by atoms with Crippen LogP contribution in [0.15, 0.2) is 30.3 Å². The van der Waals surface area contributed by atoms with Gasteiger partial charge in [-0.15, -0.1) is 0 Å². The van der Waals surface area contributed by atoms with Crippen LogP contribution >= 0.6 is 0 Å². The summed E-state index contributed by atoms with van der Waals surface area (Å²) in [7, 11) is 1.36. The number of benzene rings is 1. The van der Waals surface area contributed by atoms with E-state index in [-0.39, 0.29) is 17.8 Å². The minimum atomic E-state index is -0.382. The number of nitrogens with one attached hydrogen (secondary N) is 1. The number of carbonyl (C=O) groups is 2. The molecule has 1 heterocycles. The quantitative estimate of drug-likeness (QED) is 0.616. The monoisotopic (exact) mass is 370 g/mol. The number of carbonyl (C=O) groups excluding carboxylic acids is 2. The third kappa shape index (κ3) is 5.42. The van der Waals surface area contributed by atoms with Crippen LogP contribution in [-0.2, 0) is 14.3 Å². The van der Waals surface area contributed by atoms with E-state index in [1.54, 1.807) is 6.08 Å². The molecular formula is C22H30N2O3. The first-order valence-electron chi connectivity index (χ1n) is 10.1. The number of anilines is 1. The summed E-state index contributed by atoms with van der Waals surface area (Å²) in [6.07, 6.45) is 9.79. The maximum absolute atomic E-state index is 13.3. The summed E-state index contributed by atoms with van der Waals surface area (Å²) in [6.45, 7) is 2.75. The highest BCUT2D eigenvalue weighted by Gasteiger charge is 2.29. The molecule has 1 atom stereocenters. The summed E-state index contributed by atoms with van der Waals surface area (Å²) < 4.78 is 4.66. The zero-order valence-corrected chi connectivity index (χ0v) is 16.2. The van der Waals surface area contributed by atoms with E-state index in [2.05, 4.69) is 10.1 Å². The fourth-order valence-electron chi connectivity index (χ4n) is 4.05. The average molecular weight is 370 g/mol. The first-order valence-corrected chi connectivity index (χ1v) is 10.1. The van der Waals surface area contributed by atoms with Crippen LogP contribution in [0.5, 0.6) is 0 Å². The van der Waals surface area contributed by atoms with Crippen molar-refractivity contribution in [1.82, 2.24) is 5.32 Å². The van der Waals surface area contributed by atoms with E-state index in [4.69, 9.17) is 0 Å². The number of hydrogen-bond acceptors (Lipinski definition) is 4. The SMILES string of the molecule is COC(=O)/C=C/c1cccc(N(C[C@H]2CCNC2)C(=O)C2CCCCC2)c1. The van der Waals surface area contributed by atoms with Gasteiger partial charge in [-0.1, -0.05) is 31.4 Å². The van der Waals surface area contributed by atoms with Crippen molar-refractivity contribution in [1.29, 1.82) is 0 Å². The van der Waals surface area contributed by atoms with Crippen molar-refractivity contribution in [3.8, 4) is 0 Å². The summed E-state index contributed by atoms with van der Waals surface area (Å²) in [5.41, 5.74) is 1.81. The van der Waals surface area contributed by atoms with Crippen LogP contribution in [-0.4, -0.2) is 38.6 Å². The summed E-state index contributed by atoms with van der Waals surface area (Å²) >= 11 is 0. The van der Waals surface area contributed by atoms with Crippen molar-refractivity contribution in [3.63, 3.8) is 0 Å². The van der Waals surface area contributed by atoms with Gasteiger partial charge in [0.1, 0.15) is 0 Å². The Hall–Kier alpha value is -2.14. The lowest BCUT2D eigenvalue weighted by molar-refractivity contribution is -0.134. The van der Waals surface area contributed by atoms with Crippen LogP contribution in [0.25, 0.3) is 6.08 Å². The molecule has 5 nitrogen and oxygen atoms in total. The lowest BCUT2D eigenvalue weighted by Gasteiger charge is -2.31. The van der Waals surface area contributed by atoms with Gasteiger partial charge >= 0.3 is 5.97 Å². The molecule has 2 aliphatic rings. The Morgan fingerprint density at radius 1 is 1.22 bits per heavy atom. The van der Waals surface area contributed by atoms with Gasteiger partial charge < -0.3 is 15.0 Å². The van der Waals surface area contributed by atoms with Gasteiger partial charge in [0.15, 0.2) is 0 Å². The third-order valence-electron chi connectivity index (χ3n) is 5.62. The molecule has 2 fully saturated rings. The molecular weight excluding hydrogens is 340 g/mol. The van der Waals surface area contributed by atoms with Gasteiger partial charge in [-0.3, -0.25) is 4.79 Å². The lowest BCUT2D eigenvalue weighted by atomic mass is 9.88. The molecule has 1 N–H and O–H groups in total. The van der Waals surface area contributed by atoms with E-state index >= 15 is 0 Å². The van der Waals surface area contributed by atoms with Gasteiger partial charge in [-0.05, 0) is 62.0 Å². The summed E-state index contributed by atoms with van der Waals surface area (Å²) in [4.78, 5) is 26.7. The summed E-state index contributed by atoms with van der Waals surface area (Å²) in [5.74, 6) is 0.512. The molecule has 1 amide bonds. The molecule has 0 bridgehead atoms. The molecule has 1 aliphatic carbocycles. The predicted molar refractivity (Wildman–Crippen MR) is 107 cm³/mol. The molecule has 1 saturated carbocycles. The Kier molecular flexibility index (Phi) is 7.04. The highest BCUT2D eigenvalue weighted by molar-refractivity contribution is 5.95. The Balaban J connectivity index is 1.81. The topological polar surface area (TPSA) is 58.6 Å². The van der Waals surface area contributed by atoms with Crippen LogP contribution in [0.3, 0.4) is 0 Å². The normalized spacial score (nSPS) is 20.7. The molecule has 0 unspecified atom stereocenters. The number of rotatable bonds is 6. The minimum absolute atomic E-state index is 0.141. The Morgan fingerprint density at radius 3 is 2.74 bits per heavy atom. The molecule has 5 heteroatoms. The smallest absolute Gasteiger partial charge is 0.330 e. The van der Waals surface area contributed by atoms with E-state index in [9.17, 15) is 9.59 Å². The largest absolute Gasteiger partial charge is 0.466 e. The van der Waals surface area contributed by atoms with E-state index in [1.807, 2.05) is 29.2 Å². The average Bonchev–Trinajstić information content (AvgIpc) is 3.24. The van der Waals surface area contributed by atoms with Gasteiger partial charge in [0, 0.05) is 24.2 Å². The second kappa shape index (κ2) is 9.70. The number of ether oxygens (including phenoxy) is 1. The lowest BCUT2D eigenvalue weighted by Crippen LogP contribution is -2.40. The first-order chi connectivity index (χ1) is 13.2. The standard InChI is InChI=1S/C22H30N2O3/c1-27-21(25)11-10-17-6-5-9-20(14-17)24(16-18-12-13-23-15-18)22(26)19-7-3-2-4-8-19/h5-6,9-11,14,18-19,23H,2-4,7-8,12-13,15-16H2,1H3/b11-10+/t18-/m0/s1. The highest BCUT2D eigenvalue weighted by Crippen LogP contribution is 2.29. The Bertz CT molecular complexity index is 674. The van der Waals surface area contributed by atoms with Crippen molar-refractivity contribution in [2.75, 3.05) is 31.6 Å². The highest BCUT2D eigenvalue weighted by atomic mass is 16.5. The maximum Gasteiger partial charge on any atom is 0.330 e. The van der Waals surface area contributed by atoms with Crippen molar-refractivity contribution in [2.24, 2.45) is 11.8 Å².